The third kappa shape index (κ3) is 5.24. The van der Waals surface area contributed by atoms with Crippen molar-refractivity contribution in [3.05, 3.63) is 158 Å². The Hall–Kier alpha value is -5.48. The second-order valence-corrected chi connectivity index (χ2v) is 9.47. The first-order valence-electron chi connectivity index (χ1n) is 13.1. The van der Waals surface area contributed by atoms with Gasteiger partial charge in [-0.2, -0.15) is 0 Å². The van der Waals surface area contributed by atoms with E-state index in [1.165, 1.54) is 0 Å². The van der Waals surface area contributed by atoms with Crippen molar-refractivity contribution in [2.75, 3.05) is 9.80 Å². The largest absolute Gasteiger partial charge is 0.508 e. The Morgan fingerprint density at radius 2 is 0.525 bits per heavy atom. The predicted molar refractivity (Wildman–Crippen MR) is 165 cm³/mol. The summed E-state index contributed by atoms with van der Waals surface area (Å²) in [5.41, 5.74) is 8.31. The smallest absolute Gasteiger partial charge is 0.115 e. The van der Waals surface area contributed by atoms with Crippen LogP contribution in [0.4, 0.5) is 34.1 Å². The van der Waals surface area contributed by atoms with Gasteiger partial charge in [-0.25, -0.2) is 0 Å². The van der Waals surface area contributed by atoms with Gasteiger partial charge < -0.3 is 20.0 Å². The summed E-state index contributed by atoms with van der Waals surface area (Å²) in [4.78, 5) is 4.34. The molecule has 194 valence electrons. The molecule has 6 rings (SSSR count). The van der Waals surface area contributed by atoms with E-state index in [4.69, 9.17) is 0 Å². The fourth-order valence-corrected chi connectivity index (χ4v) is 4.86. The van der Waals surface area contributed by atoms with Crippen LogP contribution in [0.2, 0.25) is 0 Å². The summed E-state index contributed by atoms with van der Waals surface area (Å²) in [5.74, 6) is 0.428. The van der Waals surface area contributed by atoms with Crippen LogP contribution < -0.4 is 9.80 Å². The minimum absolute atomic E-state index is 0.214. The molecule has 0 unspecified atom stereocenters. The summed E-state index contributed by atoms with van der Waals surface area (Å²) in [5, 5.41) is 19.6. The highest BCUT2D eigenvalue weighted by Gasteiger charge is 2.14. The molecule has 6 aromatic carbocycles. The lowest BCUT2D eigenvalue weighted by molar-refractivity contribution is 0.475. The summed E-state index contributed by atoms with van der Waals surface area (Å²) in [6.45, 7) is 0. The summed E-state index contributed by atoms with van der Waals surface area (Å²) < 4.78 is 0. The van der Waals surface area contributed by atoms with Gasteiger partial charge in [-0.15, -0.1) is 0 Å². The van der Waals surface area contributed by atoms with Crippen molar-refractivity contribution in [2.45, 2.75) is 0 Å². The quantitative estimate of drug-likeness (QED) is 0.220. The molecular weight excluding hydrogens is 492 g/mol. The van der Waals surface area contributed by atoms with Crippen molar-refractivity contribution in [1.29, 1.82) is 0 Å². The highest BCUT2D eigenvalue weighted by Crippen LogP contribution is 2.38. The molecule has 0 aromatic heterocycles. The number of nitrogens with zero attached hydrogens (tertiary/aromatic N) is 2. The molecule has 0 fully saturated rings. The SMILES string of the molecule is Oc1ccc(N(c2ccc(O)cc2)c2ccc(-c3ccc(N(c4ccccc4)c4ccccc4)cc3)cc2)cc1. The van der Waals surface area contributed by atoms with Gasteiger partial charge in [-0.3, -0.25) is 0 Å². The summed E-state index contributed by atoms with van der Waals surface area (Å²) >= 11 is 0. The summed E-state index contributed by atoms with van der Waals surface area (Å²) in [6.07, 6.45) is 0. The first-order valence-corrected chi connectivity index (χ1v) is 13.1. The fourth-order valence-electron chi connectivity index (χ4n) is 4.86. The maximum Gasteiger partial charge on any atom is 0.115 e. The Balaban J connectivity index is 1.31. The Kier molecular flexibility index (Phi) is 6.89. The van der Waals surface area contributed by atoms with Crippen LogP contribution >= 0.6 is 0 Å². The van der Waals surface area contributed by atoms with Crippen LogP contribution in [0.5, 0.6) is 11.5 Å². The molecule has 0 aliphatic heterocycles. The van der Waals surface area contributed by atoms with E-state index >= 15 is 0 Å². The van der Waals surface area contributed by atoms with E-state index in [9.17, 15) is 10.2 Å². The standard InChI is InChI=1S/C36H28N2O2/c39-35-23-19-33(20-24-35)38(34-21-25-36(40)26-22-34)32-17-13-28(14-18-32)27-11-15-31(16-12-27)37(29-7-3-1-4-8-29)30-9-5-2-6-10-30/h1-26,39-40H. The maximum absolute atomic E-state index is 9.81. The molecule has 0 aliphatic rings. The van der Waals surface area contributed by atoms with Crippen molar-refractivity contribution in [3.8, 4) is 22.6 Å². The topological polar surface area (TPSA) is 46.9 Å². The number of aromatic hydroxyl groups is 2. The van der Waals surface area contributed by atoms with Gasteiger partial charge in [-0.1, -0.05) is 60.7 Å². The summed E-state index contributed by atoms with van der Waals surface area (Å²) in [7, 11) is 0. The molecule has 40 heavy (non-hydrogen) atoms. The lowest BCUT2D eigenvalue weighted by atomic mass is 10.0. The first-order chi connectivity index (χ1) is 19.7. The highest BCUT2D eigenvalue weighted by atomic mass is 16.3. The predicted octanol–water partition coefficient (Wildman–Crippen LogP) is 9.70. The third-order valence-electron chi connectivity index (χ3n) is 6.83. The zero-order chi connectivity index (χ0) is 27.3. The van der Waals surface area contributed by atoms with Crippen LogP contribution in [-0.2, 0) is 0 Å². The van der Waals surface area contributed by atoms with Crippen LogP contribution in [-0.4, -0.2) is 10.2 Å². The second-order valence-electron chi connectivity index (χ2n) is 9.47. The minimum atomic E-state index is 0.214. The van der Waals surface area contributed by atoms with Gasteiger partial charge in [0, 0.05) is 34.1 Å². The average molecular weight is 521 g/mol. The van der Waals surface area contributed by atoms with E-state index in [-0.39, 0.29) is 11.5 Å². The number of benzene rings is 6. The van der Waals surface area contributed by atoms with Gasteiger partial charge in [-0.05, 0) is 108 Å². The van der Waals surface area contributed by atoms with Crippen LogP contribution in [0, 0.1) is 0 Å². The average Bonchev–Trinajstić information content (AvgIpc) is 3.01. The van der Waals surface area contributed by atoms with Crippen molar-refractivity contribution < 1.29 is 10.2 Å². The van der Waals surface area contributed by atoms with E-state index < -0.39 is 0 Å². The van der Waals surface area contributed by atoms with Gasteiger partial charge in [0.2, 0.25) is 0 Å². The molecule has 2 N–H and O–H groups in total. The first kappa shape index (κ1) is 24.8. The Labute approximate surface area is 234 Å². The van der Waals surface area contributed by atoms with Crippen LogP contribution in [0.15, 0.2) is 158 Å². The van der Waals surface area contributed by atoms with Crippen molar-refractivity contribution in [3.63, 3.8) is 0 Å². The van der Waals surface area contributed by atoms with Gasteiger partial charge >= 0.3 is 0 Å². The number of anilines is 6. The Morgan fingerprint density at radius 3 is 0.825 bits per heavy atom. The zero-order valence-electron chi connectivity index (χ0n) is 21.8. The summed E-state index contributed by atoms with van der Waals surface area (Å²) in [6, 6.07) is 52.0. The second kappa shape index (κ2) is 11.1. The number of para-hydroxylation sites is 2. The molecule has 0 spiro atoms. The van der Waals surface area contributed by atoms with Crippen molar-refractivity contribution in [2.24, 2.45) is 0 Å². The third-order valence-corrected chi connectivity index (χ3v) is 6.83. The van der Waals surface area contributed by atoms with Crippen LogP contribution in [0.3, 0.4) is 0 Å². The zero-order valence-corrected chi connectivity index (χ0v) is 21.8. The fraction of sp³-hybridized carbons (Fsp3) is 0. The number of hydrogen-bond donors (Lipinski definition) is 2. The number of rotatable bonds is 7. The van der Waals surface area contributed by atoms with Gasteiger partial charge in [0.05, 0.1) is 0 Å². The molecule has 0 atom stereocenters. The van der Waals surface area contributed by atoms with E-state index in [1.54, 1.807) is 24.3 Å². The van der Waals surface area contributed by atoms with E-state index in [0.717, 1.165) is 45.3 Å². The lowest BCUT2D eigenvalue weighted by Crippen LogP contribution is -2.09. The molecule has 4 nitrogen and oxygen atoms in total. The highest BCUT2D eigenvalue weighted by molar-refractivity contribution is 5.80. The van der Waals surface area contributed by atoms with Crippen LogP contribution in [0.25, 0.3) is 11.1 Å². The number of hydrogen-bond acceptors (Lipinski definition) is 4. The minimum Gasteiger partial charge on any atom is -0.508 e. The monoisotopic (exact) mass is 520 g/mol. The van der Waals surface area contributed by atoms with Crippen LogP contribution in [0.1, 0.15) is 0 Å². The molecule has 0 aliphatic carbocycles. The molecule has 6 aromatic rings. The van der Waals surface area contributed by atoms with E-state index in [0.29, 0.717) is 0 Å². The van der Waals surface area contributed by atoms with Gasteiger partial charge in [0.15, 0.2) is 0 Å². The Morgan fingerprint density at radius 1 is 0.275 bits per heavy atom. The Bertz CT molecular complexity index is 1580. The number of phenolic OH excluding ortho intramolecular Hbond substituents is 2. The van der Waals surface area contributed by atoms with E-state index in [2.05, 4.69) is 107 Å². The molecule has 0 heterocycles. The maximum atomic E-state index is 9.81. The van der Waals surface area contributed by atoms with Crippen molar-refractivity contribution >= 4 is 34.1 Å². The molecule has 0 bridgehead atoms. The molecular formula is C36H28N2O2. The van der Waals surface area contributed by atoms with E-state index in [1.807, 2.05) is 36.4 Å². The van der Waals surface area contributed by atoms with Crippen molar-refractivity contribution in [1.82, 2.24) is 0 Å². The number of phenols is 2. The molecule has 0 saturated heterocycles. The molecule has 4 heteroatoms. The van der Waals surface area contributed by atoms with Gasteiger partial charge in [0.25, 0.3) is 0 Å². The molecule has 0 saturated carbocycles. The molecule has 0 radical (unpaired) electrons. The molecule has 0 amide bonds. The normalized spacial score (nSPS) is 10.7. The van der Waals surface area contributed by atoms with Gasteiger partial charge in [0.1, 0.15) is 11.5 Å². The lowest BCUT2D eigenvalue weighted by Gasteiger charge is -2.26.